The van der Waals surface area contributed by atoms with Gasteiger partial charge in [0, 0.05) is 28.4 Å². The highest BCUT2D eigenvalue weighted by Gasteiger charge is 2.26. The van der Waals surface area contributed by atoms with E-state index in [1.165, 1.54) is 6.07 Å². The Morgan fingerprint density at radius 2 is 2.03 bits per heavy atom. The Kier molecular flexibility index (Phi) is 6.24. The van der Waals surface area contributed by atoms with Crippen molar-refractivity contribution in [3.05, 3.63) is 76.9 Å². The Morgan fingerprint density at radius 3 is 2.71 bits per heavy atom. The lowest BCUT2D eigenvalue weighted by Gasteiger charge is -2.13. The smallest absolute Gasteiger partial charge is 0.340 e. The molecule has 4 aromatic rings. The number of aromatic hydroxyl groups is 1. The molecule has 1 atom stereocenters. The van der Waals surface area contributed by atoms with Crippen molar-refractivity contribution in [2.24, 2.45) is 0 Å². The van der Waals surface area contributed by atoms with E-state index in [-0.39, 0.29) is 18.1 Å². The molecule has 7 nitrogen and oxygen atoms in total. The number of imidazole rings is 1. The third kappa shape index (κ3) is 4.28. The van der Waals surface area contributed by atoms with Gasteiger partial charge in [-0.05, 0) is 47.1 Å². The summed E-state index contributed by atoms with van der Waals surface area (Å²) in [7, 11) is -1.39. The lowest BCUT2D eigenvalue weighted by molar-refractivity contribution is 0.0527. The van der Waals surface area contributed by atoms with Gasteiger partial charge in [0.05, 0.1) is 45.0 Å². The number of fused-ring (bicyclic) bond motifs is 1. The molecule has 0 bridgehead atoms. The topological polar surface area (TPSA) is 86.4 Å². The van der Waals surface area contributed by atoms with E-state index < -0.39 is 16.8 Å². The van der Waals surface area contributed by atoms with Gasteiger partial charge in [-0.1, -0.05) is 18.2 Å². The molecule has 0 aliphatic carbocycles. The fraction of sp³-hybridized carbons (Fsp3) is 0.182. The number of hydrogen-bond acceptors (Lipinski definition) is 5. The number of halogens is 1. The SMILES string of the molecule is CCOC(=O)c1c(CS(=O)c2ccccc2)n(Cn2ccnc2)c2cc(Br)c(O)cc12. The van der Waals surface area contributed by atoms with Crippen LogP contribution in [0.3, 0.4) is 0 Å². The molecule has 0 radical (unpaired) electrons. The second-order valence-electron chi connectivity index (χ2n) is 6.81. The van der Waals surface area contributed by atoms with Gasteiger partial charge in [-0.15, -0.1) is 0 Å². The molecule has 0 spiro atoms. The highest BCUT2D eigenvalue weighted by Crippen LogP contribution is 2.36. The fourth-order valence-corrected chi connectivity index (χ4v) is 4.97. The predicted molar refractivity (Wildman–Crippen MR) is 121 cm³/mol. The van der Waals surface area contributed by atoms with Crippen LogP contribution >= 0.6 is 15.9 Å². The largest absolute Gasteiger partial charge is 0.507 e. The Labute approximate surface area is 189 Å². The van der Waals surface area contributed by atoms with E-state index >= 15 is 0 Å². The summed E-state index contributed by atoms with van der Waals surface area (Å²) in [6, 6.07) is 12.4. The predicted octanol–water partition coefficient (Wildman–Crippen LogP) is 4.30. The molecule has 4 rings (SSSR count). The molecule has 9 heteroatoms. The molecule has 2 aromatic heterocycles. The van der Waals surface area contributed by atoms with Crippen LogP contribution in [-0.4, -0.2) is 36.0 Å². The van der Waals surface area contributed by atoms with Crippen LogP contribution in [0.4, 0.5) is 0 Å². The van der Waals surface area contributed by atoms with Gasteiger partial charge in [0.1, 0.15) is 12.4 Å². The quantitative estimate of drug-likeness (QED) is 0.381. The monoisotopic (exact) mass is 501 g/mol. The van der Waals surface area contributed by atoms with Crippen LogP contribution < -0.4 is 0 Å². The van der Waals surface area contributed by atoms with Gasteiger partial charge in [0.15, 0.2) is 0 Å². The molecule has 0 saturated heterocycles. The molecule has 2 heterocycles. The molecule has 160 valence electrons. The van der Waals surface area contributed by atoms with E-state index in [0.717, 1.165) is 0 Å². The van der Waals surface area contributed by atoms with E-state index in [2.05, 4.69) is 20.9 Å². The second-order valence-corrected chi connectivity index (χ2v) is 9.12. The third-order valence-electron chi connectivity index (χ3n) is 4.86. The maximum Gasteiger partial charge on any atom is 0.340 e. The van der Waals surface area contributed by atoms with E-state index in [1.54, 1.807) is 37.6 Å². The van der Waals surface area contributed by atoms with Crippen LogP contribution in [0.2, 0.25) is 0 Å². The van der Waals surface area contributed by atoms with Crippen LogP contribution in [-0.2, 0) is 28.0 Å². The summed E-state index contributed by atoms with van der Waals surface area (Å²) >= 11 is 3.36. The molecular formula is C22H20BrN3O4S. The van der Waals surface area contributed by atoms with Crippen molar-refractivity contribution in [1.29, 1.82) is 0 Å². The second kappa shape index (κ2) is 9.07. The summed E-state index contributed by atoms with van der Waals surface area (Å²) in [5, 5.41) is 10.8. The minimum atomic E-state index is -1.39. The molecule has 31 heavy (non-hydrogen) atoms. The standard InChI is InChI=1S/C22H20BrN3O4S/c1-2-30-22(28)21-16-10-20(27)17(23)11-18(16)26(14-25-9-8-24-13-25)19(21)12-31(29)15-6-4-3-5-7-15/h3-11,13,27H,2,12,14H2,1H3. The van der Waals surface area contributed by atoms with Crippen molar-refractivity contribution >= 4 is 43.6 Å². The van der Waals surface area contributed by atoms with Crippen molar-refractivity contribution in [1.82, 2.24) is 14.1 Å². The van der Waals surface area contributed by atoms with Crippen LogP contribution in [0.15, 0.2) is 70.6 Å². The lowest BCUT2D eigenvalue weighted by Crippen LogP contribution is -2.15. The number of carbonyl (C=O) groups is 1. The zero-order chi connectivity index (χ0) is 22.0. The minimum Gasteiger partial charge on any atom is -0.507 e. The van der Waals surface area contributed by atoms with Crippen LogP contribution in [0, 0.1) is 0 Å². The third-order valence-corrected chi connectivity index (χ3v) is 6.83. The van der Waals surface area contributed by atoms with E-state index in [1.807, 2.05) is 33.5 Å². The first-order chi connectivity index (χ1) is 15.0. The van der Waals surface area contributed by atoms with Crippen LogP contribution in [0.5, 0.6) is 5.75 Å². The number of benzene rings is 2. The molecule has 1 N–H and O–H groups in total. The number of rotatable bonds is 7. The van der Waals surface area contributed by atoms with Crippen molar-refractivity contribution in [2.75, 3.05) is 6.61 Å². The molecular weight excluding hydrogens is 482 g/mol. The average Bonchev–Trinajstić information content (AvgIpc) is 3.37. The Hall–Kier alpha value is -2.91. The zero-order valence-electron chi connectivity index (χ0n) is 16.7. The van der Waals surface area contributed by atoms with Gasteiger partial charge >= 0.3 is 5.97 Å². The molecule has 0 saturated carbocycles. The van der Waals surface area contributed by atoms with Crippen molar-refractivity contribution in [3.63, 3.8) is 0 Å². The lowest BCUT2D eigenvalue weighted by atomic mass is 10.1. The Bertz CT molecular complexity index is 1250. The summed E-state index contributed by atoms with van der Waals surface area (Å²) in [6.07, 6.45) is 5.15. The van der Waals surface area contributed by atoms with Gasteiger partial charge in [-0.25, -0.2) is 9.78 Å². The molecule has 0 aliphatic rings. The normalized spacial score (nSPS) is 12.2. The van der Waals surface area contributed by atoms with Crippen molar-refractivity contribution < 1.29 is 18.8 Å². The van der Waals surface area contributed by atoms with E-state index in [0.29, 0.717) is 38.2 Å². The molecule has 1 unspecified atom stereocenters. The number of carbonyl (C=O) groups excluding carboxylic acids is 1. The summed E-state index contributed by atoms with van der Waals surface area (Å²) in [4.78, 5) is 17.7. The van der Waals surface area contributed by atoms with Gasteiger partial charge in [0.2, 0.25) is 0 Å². The van der Waals surface area contributed by atoms with E-state index in [9.17, 15) is 14.1 Å². The summed E-state index contributed by atoms with van der Waals surface area (Å²) in [5.74, 6) is -0.396. The summed E-state index contributed by atoms with van der Waals surface area (Å²) in [5.41, 5.74) is 1.59. The van der Waals surface area contributed by atoms with Crippen molar-refractivity contribution in [2.45, 2.75) is 24.2 Å². The Morgan fingerprint density at radius 1 is 1.26 bits per heavy atom. The van der Waals surface area contributed by atoms with Gasteiger partial charge in [0.25, 0.3) is 0 Å². The number of phenolic OH excluding ortho intramolecular Hbond substituents is 1. The van der Waals surface area contributed by atoms with Crippen LogP contribution in [0.25, 0.3) is 10.9 Å². The number of ether oxygens (including phenoxy) is 1. The minimum absolute atomic E-state index is 0.00793. The fourth-order valence-electron chi connectivity index (χ4n) is 3.47. The first kappa shape index (κ1) is 21.3. The Balaban J connectivity index is 1.94. The van der Waals surface area contributed by atoms with Gasteiger partial charge < -0.3 is 19.0 Å². The molecule has 0 amide bonds. The first-order valence-corrected chi connectivity index (χ1v) is 11.7. The number of hydrogen-bond donors (Lipinski definition) is 1. The number of aromatic nitrogens is 3. The maximum absolute atomic E-state index is 13.2. The number of nitrogens with zero attached hydrogens (tertiary/aromatic N) is 3. The highest BCUT2D eigenvalue weighted by atomic mass is 79.9. The highest BCUT2D eigenvalue weighted by molar-refractivity contribution is 9.10. The molecule has 0 fully saturated rings. The molecule has 2 aromatic carbocycles. The molecule has 0 aliphatic heterocycles. The summed E-state index contributed by atoms with van der Waals surface area (Å²) < 4.78 is 22.8. The van der Waals surface area contributed by atoms with Crippen molar-refractivity contribution in [3.8, 4) is 5.75 Å². The first-order valence-electron chi connectivity index (χ1n) is 9.59. The van der Waals surface area contributed by atoms with Crippen LogP contribution in [0.1, 0.15) is 23.0 Å². The van der Waals surface area contributed by atoms with E-state index in [4.69, 9.17) is 4.74 Å². The average molecular weight is 502 g/mol. The summed E-state index contributed by atoms with van der Waals surface area (Å²) in [6.45, 7) is 2.30. The number of phenols is 1. The zero-order valence-corrected chi connectivity index (χ0v) is 19.1. The number of esters is 1. The van der Waals surface area contributed by atoms with Gasteiger partial charge in [-0.2, -0.15) is 0 Å². The van der Waals surface area contributed by atoms with Gasteiger partial charge in [-0.3, -0.25) is 4.21 Å². The maximum atomic E-state index is 13.2.